The van der Waals surface area contributed by atoms with Crippen molar-refractivity contribution in [2.24, 2.45) is 0 Å². The predicted molar refractivity (Wildman–Crippen MR) is 114 cm³/mol. The van der Waals surface area contributed by atoms with Crippen molar-refractivity contribution >= 4 is 17.9 Å². The van der Waals surface area contributed by atoms with E-state index in [-0.39, 0.29) is 29.5 Å². The van der Waals surface area contributed by atoms with E-state index in [9.17, 15) is 19.7 Å². The highest BCUT2D eigenvalue weighted by Gasteiger charge is 2.32. The molecule has 0 heterocycles. The van der Waals surface area contributed by atoms with Gasteiger partial charge in [0.1, 0.15) is 11.3 Å². The molecule has 2 aliphatic rings. The number of amides is 1. The molecule has 164 valence electrons. The second kappa shape index (κ2) is 11.1. The monoisotopic (exact) mass is 416 g/mol. The molecule has 7 nitrogen and oxygen atoms in total. The molecule has 0 bridgehead atoms. The van der Waals surface area contributed by atoms with Crippen LogP contribution in [0.5, 0.6) is 5.75 Å². The Morgan fingerprint density at radius 1 is 1.07 bits per heavy atom. The molecule has 1 aromatic rings. The molecule has 0 saturated heterocycles. The van der Waals surface area contributed by atoms with Crippen LogP contribution in [0.25, 0.3) is 0 Å². The van der Waals surface area contributed by atoms with Crippen molar-refractivity contribution in [1.29, 1.82) is 0 Å². The first-order valence-electron chi connectivity index (χ1n) is 11.3. The minimum atomic E-state index is -0.591. The fourth-order valence-corrected chi connectivity index (χ4v) is 4.89. The van der Waals surface area contributed by atoms with Gasteiger partial charge in [-0.2, -0.15) is 0 Å². The Bertz CT molecular complexity index is 721. The van der Waals surface area contributed by atoms with Crippen LogP contribution in [0, 0.1) is 10.1 Å². The van der Waals surface area contributed by atoms with Crippen molar-refractivity contribution in [1.82, 2.24) is 4.90 Å². The molecule has 30 heavy (non-hydrogen) atoms. The number of nitrogens with zero attached hydrogens (tertiary/aromatic N) is 2. The average molecular weight is 417 g/mol. The molecular formula is C23H32N2O5. The molecule has 1 aromatic carbocycles. The predicted octanol–water partition coefficient (Wildman–Crippen LogP) is 5.06. The first kappa shape index (κ1) is 22.2. The zero-order valence-corrected chi connectivity index (χ0v) is 17.6. The lowest BCUT2D eigenvalue weighted by atomic mass is 9.88. The van der Waals surface area contributed by atoms with Gasteiger partial charge in [-0.3, -0.25) is 19.7 Å². The average Bonchev–Trinajstić information content (AvgIpc) is 2.78. The van der Waals surface area contributed by atoms with E-state index in [0.29, 0.717) is 31.2 Å². The molecule has 0 spiro atoms. The third-order valence-electron chi connectivity index (χ3n) is 6.37. The van der Waals surface area contributed by atoms with Crippen LogP contribution in [-0.4, -0.2) is 40.7 Å². The van der Waals surface area contributed by atoms with Crippen LogP contribution >= 0.6 is 0 Å². The highest BCUT2D eigenvalue weighted by atomic mass is 16.6. The fraction of sp³-hybridized carbons (Fsp3) is 0.652. The van der Waals surface area contributed by atoms with Crippen LogP contribution in [0.4, 0.5) is 5.69 Å². The highest BCUT2D eigenvalue weighted by Crippen LogP contribution is 2.31. The van der Waals surface area contributed by atoms with Gasteiger partial charge in [0.15, 0.2) is 6.29 Å². The molecule has 0 aromatic heterocycles. The number of aldehydes is 1. The number of hydrogen-bond acceptors (Lipinski definition) is 5. The summed E-state index contributed by atoms with van der Waals surface area (Å²) < 4.78 is 5.63. The molecular weight excluding hydrogens is 384 g/mol. The van der Waals surface area contributed by atoms with Gasteiger partial charge in [-0.05, 0) is 38.2 Å². The number of nitro benzene ring substituents is 1. The number of ether oxygens (including phenoxy) is 1. The lowest BCUT2D eigenvalue weighted by molar-refractivity contribution is -0.385. The number of hydrogen-bond donors (Lipinski definition) is 0. The largest absolute Gasteiger partial charge is 0.493 e. The summed E-state index contributed by atoms with van der Waals surface area (Å²) >= 11 is 0. The molecule has 0 atom stereocenters. The smallest absolute Gasteiger partial charge is 0.283 e. The molecule has 2 saturated carbocycles. The summed E-state index contributed by atoms with van der Waals surface area (Å²) in [4.78, 5) is 37.1. The van der Waals surface area contributed by atoms with Crippen molar-refractivity contribution < 1.29 is 19.2 Å². The maximum Gasteiger partial charge on any atom is 0.283 e. The first-order chi connectivity index (χ1) is 14.6. The Morgan fingerprint density at radius 3 is 2.20 bits per heavy atom. The summed E-state index contributed by atoms with van der Waals surface area (Å²) in [5.74, 6) is 0.398. The van der Waals surface area contributed by atoms with Gasteiger partial charge in [0, 0.05) is 24.6 Å². The van der Waals surface area contributed by atoms with Gasteiger partial charge in [0.25, 0.3) is 5.69 Å². The van der Waals surface area contributed by atoms with Gasteiger partial charge in [-0.15, -0.1) is 0 Å². The molecule has 3 rings (SSSR count). The zero-order valence-electron chi connectivity index (χ0n) is 17.6. The normalized spacial score (nSPS) is 18.0. The first-order valence-corrected chi connectivity index (χ1v) is 11.3. The third kappa shape index (κ3) is 5.58. The summed E-state index contributed by atoms with van der Waals surface area (Å²) in [7, 11) is 0. The van der Waals surface area contributed by atoms with Gasteiger partial charge in [-0.1, -0.05) is 44.6 Å². The summed E-state index contributed by atoms with van der Waals surface area (Å²) in [6.45, 7) is 0.247. The second-order valence-electron chi connectivity index (χ2n) is 8.40. The number of nitro groups is 1. The van der Waals surface area contributed by atoms with Crippen molar-refractivity contribution in [3.8, 4) is 5.75 Å². The Hall–Kier alpha value is -2.44. The van der Waals surface area contributed by atoms with E-state index in [4.69, 9.17) is 4.74 Å². The van der Waals surface area contributed by atoms with Gasteiger partial charge < -0.3 is 9.64 Å². The van der Waals surface area contributed by atoms with E-state index in [0.717, 1.165) is 25.7 Å². The molecule has 0 aliphatic heterocycles. The van der Waals surface area contributed by atoms with Crippen LogP contribution < -0.4 is 4.74 Å². The third-order valence-corrected chi connectivity index (χ3v) is 6.37. The van der Waals surface area contributed by atoms with Crippen molar-refractivity contribution in [2.75, 3.05) is 6.61 Å². The van der Waals surface area contributed by atoms with Crippen LogP contribution in [0.1, 0.15) is 87.4 Å². The number of rotatable bonds is 9. The van der Waals surface area contributed by atoms with Crippen molar-refractivity contribution in [3.05, 3.63) is 33.9 Å². The van der Waals surface area contributed by atoms with Crippen molar-refractivity contribution in [3.63, 3.8) is 0 Å². The van der Waals surface area contributed by atoms with E-state index < -0.39 is 4.92 Å². The zero-order chi connectivity index (χ0) is 21.3. The number of carbonyl (C=O) groups excluding carboxylic acids is 2. The van der Waals surface area contributed by atoms with Gasteiger partial charge in [0.2, 0.25) is 5.91 Å². The Labute approximate surface area is 177 Å². The highest BCUT2D eigenvalue weighted by molar-refractivity contribution is 5.85. The van der Waals surface area contributed by atoms with E-state index in [2.05, 4.69) is 4.90 Å². The second-order valence-corrected chi connectivity index (χ2v) is 8.40. The maximum absolute atomic E-state index is 13.1. The van der Waals surface area contributed by atoms with Crippen LogP contribution in [0.3, 0.4) is 0 Å². The standard InChI is InChI=1S/C23H32N2O5/c26-17-20-21(25(28)29)13-7-14-22(20)30-16-8-15-23(27)24(18-9-3-1-4-10-18)19-11-5-2-6-12-19/h7,13-14,17-19H,1-6,8-12,15-16H2. The van der Waals surface area contributed by atoms with E-state index >= 15 is 0 Å². The molecule has 2 aliphatic carbocycles. The lowest BCUT2D eigenvalue weighted by Gasteiger charge is -2.42. The molecule has 2 fully saturated rings. The maximum atomic E-state index is 13.1. The van der Waals surface area contributed by atoms with Crippen molar-refractivity contribution in [2.45, 2.75) is 89.1 Å². The van der Waals surface area contributed by atoms with Gasteiger partial charge in [0.05, 0.1) is 11.5 Å². The quantitative estimate of drug-likeness (QED) is 0.243. The molecule has 0 N–H and O–H groups in total. The SMILES string of the molecule is O=Cc1c(OCCCC(=O)N(C2CCCCC2)C2CCCCC2)cccc1[N+](=O)[O-]. The van der Waals surface area contributed by atoms with E-state index in [1.807, 2.05) is 0 Å². The number of carbonyl (C=O) groups is 2. The van der Waals surface area contributed by atoms with E-state index in [1.54, 1.807) is 6.07 Å². The van der Waals surface area contributed by atoms with Gasteiger partial charge >= 0.3 is 0 Å². The summed E-state index contributed by atoms with van der Waals surface area (Å²) in [6.07, 6.45) is 13.1. The summed E-state index contributed by atoms with van der Waals surface area (Å²) in [5, 5.41) is 11.1. The minimum Gasteiger partial charge on any atom is -0.493 e. The fourth-order valence-electron chi connectivity index (χ4n) is 4.89. The molecule has 0 radical (unpaired) electrons. The summed E-state index contributed by atoms with van der Waals surface area (Å²) in [5.41, 5.74) is -0.320. The lowest BCUT2D eigenvalue weighted by Crippen LogP contribution is -2.48. The van der Waals surface area contributed by atoms with Gasteiger partial charge in [-0.25, -0.2) is 0 Å². The minimum absolute atomic E-state index is 0.0557. The van der Waals surface area contributed by atoms with E-state index in [1.165, 1.54) is 50.7 Å². The Kier molecular flexibility index (Phi) is 8.22. The molecule has 1 amide bonds. The van der Waals surface area contributed by atoms with Crippen LogP contribution in [-0.2, 0) is 4.79 Å². The molecule has 0 unspecified atom stereocenters. The Morgan fingerprint density at radius 2 is 1.67 bits per heavy atom. The van der Waals surface area contributed by atoms with Crippen LogP contribution in [0.15, 0.2) is 18.2 Å². The molecule has 7 heteroatoms. The number of benzene rings is 1. The Balaban J connectivity index is 1.57. The topological polar surface area (TPSA) is 89.8 Å². The van der Waals surface area contributed by atoms with Crippen LogP contribution in [0.2, 0.25) is 0 Å². The summed E-state index contributed by atoms with van der Waals surface area (Å²) in [6, 6.07) is 5.07.